The van der Waals surface area contributed by atoms with Gasteiger partial charge in [0.05, 0.1) is 0 Å². The summed E-state index contributed by atoms with van der Waals surface area (Å²) in [5.74, 6) is 0. The van der Waals surface area contributed by atoms with E-state index in [9.17, 15) is 0 Å². The molecule has 0 aliphatic heterocycles. The van der Waals surface area contributed by atoms with Gasteiger partial charge in [0.2, 0.25) is 0 Å². The Bertz CT molecular complexity index is 773. The van der Waals surface area contributed by atoms with Crippen LogP contribution in [0, 0.1) is 0 Å². The normalized spacial score (nSPS) is 11.7. The maximum atomic E-state index is 6.13. The first-order chi connectivity index (χ1) is 13.3. The molecule has 0 unspecified atom stereocenters. The lowest BCUT2D eigenvalue weighted by Gasteiger charge is -2.34. The van der Waals surface area contributed by atoms with Crippen molar-refractivity contribution < 1.29 is 4.74 Å². The molecule has 1 N–H and O–H groups in total. The number of ether oxygens (including phenoxy) is 1. The first kappa shape index (κ1) is 19.1. The second-order valence-electron chi connectivity index (χ2n) is 6.53. The summed E-state index contributed by atoms with van der Waals surface area (Å²) in [4.78, 5) is 0. The Morgan fingerprint density at radius 3 is 1.81 bits per heavy atom. The Morgan fingerprint density at radius 2 is 1.30 bits per heavy atom. The molecule has 2 heteroatoms. The van der Waals surface area contributed by atoms with E-state index in [1.54, 1.807) is 7.11 Å². The summed E-state index contributed by atoms with van der Waals surface area (Å²) in [6.45, 7) is 1.69. The van der Waals surface area contributed by atoms with Gasteiger partial charge in [0.15, 0.2) is 0 Å². The number of rotatable bonds is 9. The Labute approximate surface area is 162 Å². The van der Waals surface area contributed by atoms with E-state index in [4.69, 9.17) is 4.74 Å². The van der Waals surface area contributed by atoms with Crippen LogP contribution in [0.25, 0.3) is 6.08 Å². The van der Waals surface area contributed by atoms with Crippen molar-refractivity contribution in [1.29, 1.82) is 0 Å². The predicted octanol–water partition coefficient (Wildman–Crippen LogP) is 5.27. The molecule has 0 aliphatic carbocycles. The lowest BCUT2D eigenvalue weighted by atomic mass is 9.83. The van der Waals surface area contributed by atoms with Crippen LogP contribution in [0.3, 0.4) is 0 Å². The Kier molecular flexibility index (Phi) is 6.97. The molecule has 3 rings (SSSR count). The van der Waals surface area contributed by atoms with Gasteiger partial charge in [0.25, 0.3) is 0 Å². The molecule has 0 saturated carbocycles. The summed E-state index contributed by atoms with van der Waals surface area (Å²) >= 11 is 0. The van der Waals surface area contributed by atoms with Crippen molar-refractivity contribution in [1.82, 2.24) is 5.32 Å². The lowest BCUT2D eigenvalue weighted by molar-refractivity contribution is 0.0149. The van der Waals surface area contributed by atoms with Crippen LogP contribution in [0.2, 0.25) is 0 Å². The van der Waals surface area contributed by atoms with Crippen LogP contribution < -0.4 is 5.32 Å². The van der Waals surface area contributed by atoms with Gasteiger partial charge in [-0.3, -0.25) is 0 Å². The largest absolute Gasteiger partial charge is 0.369 e. The monoisotopic (exact) mass is 357 g/mol. The second-order valence-corrected chi connectivity index (χ2v) is 6.53. The van der Waals surface area contributed by atoms with Crippen LogP contribution in [-0.4, -0.2) is 20.2 Å². The van der Waals surface area contributed by atoms with Gasteiger partial charge < -0.3 is 10.1 Å². The fourth-order valence-electron chi connectivity index (χ4n) is 3.42. The molecule has 0 spiro atoms. The van der Waals surface area contributed by atoms with Crippen LogP contribution in [0.5, 0.6) is 0 Å². The van der Waals surface area contributed by atoms with Crippen LogP contribution in [0.4, 0.5) is 0 Å². The highest BCUT2D eigenvalue weighted by Gasteiger charge is 2.33. The molecule has 0 atom stereocenters. The smallest absolute Gasteiger partial charge is 0.119 e. The molecule has 2 nitrogen and oxygen atoms in total. The molecule has 0 bridgehead atoms. The lowest BCUT2D eigenvalue weighted by Crippen LogP contribution is -2.34. The van der Waals surface area contributed by atoms with Crippen molar-refractivity contribution in [3.63, 3.8) is 0 Å². The van der Waals surface area contributed by atoms with Gasteiger partial charge in [0, 0.05) is 13.7 Å². The molecular weight excluding hydrogens is 330 g/mol. The van der Waals surface area contributed by atoms with Gasteiger partial charge in [-0.25, -0.2) is 0 Å². The zero-order chi connectivity index (χ0) is 18.8. The van der Waals surface area contributed by atoms with E-state index in [-0.39, 0.29) is 0 Å². The van der Waals surface area contributed by atoms with Crippen LogP contribution in [0.1, 0.15) is 23.1 Å². The van der Waals surface area contributed by atoms with Gasteiger partial charge in [-0.2, -0.15) is 0 Å². The predicted molar refractivity (Wildman–Crippen MR) is 114 cm³/mol. The number of hydrogen-bond acceptors (Lipinski definition) is 2. The van der Waals surface area contributed by atoms with Crippen molar-refractivity contribution in [2.75, 3.05) is 20.2 Å². The summed E-state index contributed by atoms with van der Waals surface area (Å²) in [5.41, 5.74) is 3.14. The molecule has 3 aromatic carbocycles. The van der Waals surface area contributed by atoms with E-state index in [1.807, 2.05) is 18.2 Å². The average Bonchev–Trinajstić information content (AvgIpc) is 2.75. The topological polar surface area (TPSA) is 21.3 Å². The fourth-order valence-corrected chi connectivity index (χ4v) is 3.42. The van der Waals surface area contributed by atoms with Gasteiger partial charge in [-0.1, -0.05) is 103 Å². The third-order valence-electron chi connectivity index (χ3n) is 4.85. The van der Waals surface area contributed by atoms with Crippen molar-refractivity contribution in [3.8, 4) is 0 Å². The molecule has 0 fully saturated rings. The van der Waals surface area contributed by atoms with E-state index in [1.165, 1.54) is 16.7 Å². The maximum Gasteiger partial charge on any atom is 0.119 e. The molecule has 0 aromatic heterocycles. The van der Waals surface area contributed by atoms with E-state index in [0.717, 1.165) is 19.5 Å². The Balaban J connectivity index is 1.67. The molecule has 0 heterocycles. The minimum absolute atomic E-state index is 0.446. The van der Waals surface area contributed by atoms with Crippen LogP contribution >= 0.6 is 0 Å². The zero-order valence-corrected chi connectivity index (χ0v) is 15.8. The van der Waals surface area contributed by atoms with Crippen LogP contribution in [0.15, 0.2) is 97.1 Å². The third-order valence-corrected chi connectivity index (χ3v) is 4.85. The minimum Gasteiger partial charge on any atom is -0.369 e. The van der Waals surface area contributed by atoms with Crippen molar-refractivity contribution in [2.24, 2.45) is 0 Å². The molecule has 138 valence electrons. The SMILES string of the molecule is COC(CCNC/C=C/c1ccccc1)(c1ccccc1)c1ccccc1. The Hall–Kier alpha value is -2.68. The van der Waals surface area contributed by atoms with Gasteiger partial charge in [-0.05, 0) is 29.7 Å². The molecular formula is C25H27NO. The summed E-state index contributed by atoms with van der Waals surface area (Å²) in [6, 6.07) is 31.3. The highest BCUT2D eigenvalue weighted by Crippen LogP contribution is 2.36. The minimum atomic E-state index is -0.446. The van der Waals surface area contributed by atoms with Gasteiger partial charge in [-0.15, -0.1) is 0 Å². The molecule has 0 amide bonds. The molecule has 3 aromatic rings. The Morgan fingerprint density at radius 1 is 0.778 bits per heavy atom. The molecule has 0 radical (unpaired) electrons. The van der Waals surface area contributed by atoms with Crippen molar-refractivity contribution in [3.05, 3.63) is 114 Å². The number of nitrogens with one attached hydrogen (secondary N) is 1. The highest BCUT2D eigenvalue weighted by atomic mass is 16.5. The van der Waals surface area contributed by atoms with Gasteiger partial charge >= 0.3 is 0 Å². The van der Waals surface area contributed by atoms with Gasteiger partial charge in [0.1, 0.15) is 5.60 Å². The fraction of sp³-hybridized carbons (Fsp3) is 0.200. The summed E-state index contributed by atoms with van der Waals surface area (Å²) < 4.78 is 6.13. The third kappa shape index (κ3) is 4.94. The average molecular weight is 357 g/mol. The second kappa shape index (κ2) is 9.86. The molecule has 0 saturated heterocycles. The van der Waals surface area contributed by atoms with Crippen LogP contribution in [-0.2, 0) is 10.3 Å². The standard InChI is InChI=1S/C25H27NO/c1-27-25(23-15-7-3-8-16-23,24-17-9-4-10-18-24)19-21-26-20-11-14-22-12-5-2-6-13-22/h2-18,26H,19-21H2,1H3/b14-11+. The van der Waals surface area contributed by atoms with E-state index in [0.29, 0.717) is 0 Å². The summed E-state index contributed by atoms with van der Waals surface area (Å²) in [6.07, 6.45) is 5.16. The molecule has 0 aliphatic rings. The quantitative estimate of drug-likeness (QED) is 0.527. The van der Waals surface area contributed by atoms with E-state index < -0.39 is 5.60 Å². The first-order valence-electron chi connectivity index (χ1n) is 9.44. The van der Waals surface area contributed by atoms with E-state index >= 15 is 0 Å². The number of hydrogen-bond donors (Lipinski definition) is 1. The summed E-state index contributed by atoms with van der Waals surface area (Å²) in [5, 5.41) is 3.52. The highest BCUT2D eigenvalue weighted by molar-refractivity contribution is 5.48. The maximum absolute atomic E-state index is 6.13. The number of benzene rings is 3. The van der Waals surface area contributed by atoms with E-state index in [2.05, 4.69) is 90.3 Å². The molecule has 27 heavy (non-hydrogen) atoms. The number of methoxy groups -OCH3 is 1. The zero-order valence-electron chi connectivity index (χ0n) is 15.8. The summed E-state index contributed by atoms with van der Waals surface area (Å²) in [7, 11) is 1.80. The first-order valence-corrected chi connectivity index (χ1v) is 9.44. The van der Waals surface area contributed by atoms with Crippen molar-refractivity contribution >= 4 is 6.08 Å². The van der Waals surface area contributed by atoms with Crippen molar-refractivity contribution in [2.45, 2.75) is 12.0 Å².